The monoisotopic (exact) mass is 359 g/mol. The van der Waals surface area contributed by atoms with Crippen LogP contribution in [0.25, 0.3) is 11.3 Å². The fourth-order valence-electron chi connectivity index (χ4n) is 1.84. The summed E-state index contributed by atoms with van der Waals surface area (Å²) in [5.74, 6) is 1.59. The van der Waals surface area contributed by atoms with E-state index in [0.29, 0.717) is 37.7 Å². The van der Waals surface area contributed by atoms with Crippen LogP contribution < -0.4 is 11.1 Å². The molecule has 5 nitrogen and oxygen atoms in total. The molecular formula is C16H23Cl2N3O2. The fraction of sp³-hybridized carbons (Fsp3) is 0.375. The summed E-state index contributed by atoms with van der Waals surface area (Å²) in [5.41, 5.74) is 6.49. The fourth-order valence-corrected chi connectivity index (χ4v) is 1.84. The molecule has 0 aliphatic rings. The zero-order valence-electron chi connectivity index (χ0n) is 13.0. The molecule has 2 rings (SSSR count). The van der Waals surface area contributed by atoms with Gasteiger partial charge in [-0.2, -0.15) is 0 Å². The molecular weight excluding hydrogens is 337 g/mol. The minimum Gasteiger partial charge on any atom is -0.441 e. The molecule has 0 aliphatic heterocycles. The lowest BCUT2D eigenvalue weighted by Crippen LogP contribution is -2.31. The Morgan fingerprint density at radius 2 is 2.00 bits per heavy atom. The van der Waals surface area contributed by atoms with Crippen molar-refractivity contribution < 1.29 is 9.21 Å². The SMILES string of the molecule is CC(CN)CNC(=O)CCc1ncc(-c2ccccc2)o1.Cl.Cl. The van der Waals surface area contributed by atoms with Crippen molar-refractivity contribution >= 4 is 30.7 Å². The number of oxazole rings is 1. The van der Waals surface area contributed by atoms with Crippen LogP contribution in [0.5, 0.6) is 0 Å². The molecule has 1 atom stereocenters. The molecule has 0 radical (unpaired) electrons. The van der Waals surface area contributed by atoms with E-state index in [1.54, 1.807) is 6.20 Å². The lowest BCUT2D eigenvalue weighted by molar-refractivity contribution is -0.121. The third-order valence-electron chi connectivity index (χ3n) is 3.23. The molecule has 23 heavy (non-hydrogen) atoms. The van der Waals surface area contributed by atoms with Gasteiger partial charge in [0.05, 0.1) is 6.20 Å². The van der Waals surface area contributed by atoms with Crippen LogP contribution in [0.4, 0.5) is 0 Å². The Kier molecular flexibility index (Phi) is 10.3. The van der Waals surface area contributed by atoms with Crippen LogP contribution in [0.1, 0.15) is 19.2 Å². The number of aromatic nitrogens is 1. The molecule has 1 amide bonds. The van der Waals surface area contributed by atoms with E-state index in [1.807, 2.05) is 37.3 Å². The highest BCUT2D eigenvalue weighted by Gasteiger charge is 2.09. The van der Waals surface area contributed by atoms with Crippen LogP contribution in [-0.4, -0.2) is 24.0 Å². The Bertz CT molecular complexity index is 576. The van der Waals surface area contributed by atoms with E-state index in [-0.39, 0.29) is 30.7 Å². The number of hydrogen-bond acceptors (Lipinski definition) is 4. The first kappa shape index (κ1) is 21.4. The van der Waals surface area contributed by atoms with E-state index < -0.39 is 0 Å². The maximum atomic E-state index is 11.7. The number of aryl methyl sites for hydroxylation is 1. The second-order valence-electron chi connectivity index (χ2n) is 5.13. The lowest BCUT2D eigenvalue weighted by atomic mass is 10.2. The standard InChI is InChI=1S/C16H21N3O2.2ClH/c1-12(9-17)10-18-15(20)7-8-16-19-11-14(21-16)13-5-3-2-4-6-13;;/h2-6,11-12H,7-10,17H2,1H3,(H,18,20);2*1H. The summed E-state index contributed by atoms with van der Waals surface area (Å²) in [6.45, 7) is 3.18. The Morgan fingerprint density at radius 3 is 2.65 bits per heavy atom. The second-order valence-corrected chi connectivity index (χ2v) is 5.13. The molecule has 1 unspecified atom stereocenters. The van der Waals surface area contributed by atoms with Crippen molar-refractivity contribution in [2.24, 2.45) is 11.7 Å². The van der Waals surface area contributed by atoms with Crippen LogP contribution in [0.15, 0.2) is 40.9 Å². The number of rotatable bonds is 7. The second kappa shape index (κ2) is 11.0. The van der Waals surface area contributed by atoms with Crippen molar-refractivity contribution in [1.29, 1.82) is 0 Å². The number of amides is 1. The summed E-state index contributed by atoms with van der Waals surface area (Å²) in [5, 5.41) is 2.85. The van der Waals surface area contributed by atoms with Gasteiger partial charge in [0.15, 0.2) is 11.7 Å². The zero-order chi connectivity index (χ0) is 15.1. The average Bonchev–Trinajstić information content (AvgIpc) is 3.00. The maximum absolute atomic E-state index is 11.7. The Hall–Kier alpha value is -1.56. The van der Waals surface area contributed by atoms with Gasteiger partial charge in [-0.3, -0.25) is 4.79 Å². The molecule has 2 aromatic rings. The molecule has 7 heteroatoms. The van der Waals surface area contributed by atoms with Gasteiger partial charge >= 0.3 is 0 Å². The molecule has 0 aliphatic carbocycles. The zero-order valence-corrected chi connectivity index (χ0v) is 14.7. The van der Waals surface area contributed by atoms with E-state index in [1.165, 1.54) is 0 Å². The maximum Gasteiger partial charge on any atom is 0.220 e. The van der Waals surface area contributed by atoms with Crippen LogP contribution in [0.2, 0.25) is 0 Å². The molecule has 3 N–H and O–H groups in total. The Balaban J connectivity index is 0.00000242. The summed E-state index contributed by atoms with van der Waals surface area (Å²) in [6, 6.07) is 9.77. The molecule has 128 valence electrons. The highest BCUT2D eigenvalue weighted by molar-refractivity contribution is 5.85. The smallest absolute Gasteiger partial charge is 0.220 e. The molecule has 0 saturated carbocycles. The third kappa shape index (κ3) is 7.03. The van der Waals surface area contributed by atoms with Gasteiger partial charge < -0.3 is 15.5 Å². The number of nitrogens with two attached hydrogens (primary N) is 1. The van der Waals surface area contributed by atoms with Gasteiger partial charge in [0, 0.05) is 24.9 Å². The van der Waals surface area contributed by atoms with Crippen molar-refractivity contribution in [3.8, 4) is 11.3 Å². The van der Waals surface area contributed by atoms with E-state index in [2.05, 4.69) is 10.3 Å². The van der Waals surface area contributed by atoms with Crippen molar-refractivity contribution in [1.82, 2.24) is 10.3 Å². The minimum atomic E-state index is -0.00485. The summed E-state index contributed by atoms with van der Waals surface area (Å²) in [4.78, 5) is 15.9. The average molecular weight is 360 g/mol. The largest absolute Gasteiger partial charge is 0.441 e. The number of nitrogens with zero attached hydrogens (tertiary/aromatic N) is 1. The van der Waals surface area contributed by atoms with Crippen LogP contribution in [-0.2, 0) is 11.2 Å². The molecule has 1 aromatic carbocycles. The third-order valence-corrected chi connectivity index (χ3v) is 3.23. The first-order valence-corrected chi connectivity index (χ1v) is 7.16. The normalized spacial score (nSPS) is 11.0. The van der Waals surface area contributed by atoms with Crippen LogP contribution in [0.3, 0.4) is 0 Å². The van der Waals surface area contributed by atoms with Gasteiger partial charge in [0.2, 0.25) is 5.91 Å². The van der Waals surface area contributed by atoms with Gasteiger partial charge in [-0.05, 0) is 12.5 Å². The Morgan fingerprint density at radius 1 is 1.30 bits per heavy atom. The molecule has 0 saturated heterocycles. The van der Waals surface area contributed by atoms with Crippen molar-refractivity contribution in [3.63, 3.8) is 0 Å². The first-order valence-electron chi connectivity index (χ1n) is 7.16. The minimum absolute atomic E-state index is 0. The summed E-state index contributed by atoms with van der Waals surface area (Å²) in [7, 11) is 0. The first-order chi connectivity index (χ1) is 10.2. The number of nitrogens with one attached hydrogen (secondary N) is 1. The van der Waals surface area contributed by atoms with Gasteiger partial charge in [0.1, 0.15) is 0 Å². The van der Waals surface area contributed by atoms with Crippen molar-refractivity contribution in [2.75, 3.05) is 13.1 Å². The van der Waals surface area contributed by atoms with Crippen molar-refractivity contribution in [3.05, 3.63) is 42.4 Å². The lowest BCUT2D eigenvalue weighted by Gasteiger charge is -2.09. The van der Waals surface area contributed by atoms with Gasteiger partial charge in [-0.25, -0.2) is 4.98 Å². The molecule has 0 spiro atoms. The summed E-state index contributed by atoms with van der Waals surface area (Å²) in [6.07, 6.45) is 2.56. The van der Waals surface area contributed by atoms with Crippen LogP contribution in [0, 0.1) is 5.92 Å². The van der Waals surface area contributed by atoms with Gasteiger partial charge in [-0.15, -0.1) is 24.8 Å². The van der Waals surface area contributed by atoms with E-state index in [0.717, 1.165) is 11.3 Å². The van der Waals surface area contributed by atoms with E-state index in [9.17, 15) is 4.79 Å². The number of halogens is 2. The highest BCUT2D eigenvalue weighted by Crippen LogP contribution is 2.20. The van der Waals surface area contributed by atoms with E-state index >= 15 is 0 Å². The highest BCUT2D eigenvalue weighted by atomic mass is 35.5. The number of hydrogen-bond donors (Lipinski definition) is 2. The predicted octanol–water partition coefficient (Wildman–Crippen LogP) is 2.83. The number of benzene rings is 1. The quantitative estimate of drug-likeness (QED) is 0.796. The molecule has 1 heterocycles. The van der Waals surface area contributed by atoms with Crippen LogP contribution >= 0.6 is 24.8 Å². The Labute approximate surface area is 148 Å². The topological polar surface area (TPSA) is 81.1 Å². The molecule has 0 bridgehead atoms. The predicted molar refractivity (Wildman–Crippen MR) is 96.0 cm³/mol. The molecule has 1 aromatic heterocycles. The van der Waals surface area contributed by atoms with Gasteiger partial charge in [0.25, 0.3) is 0 Å². The molecule has 0 fully saturated rings. The number of carbonyl (C=O) groups is 1. The number of carbonyl (C=O) groups excluding carboxylic acids is 1. The van der Waals surface area contributed by atoms with Crippen molar-refractivity contribution in [2.45, 2.75) is 19.8 Å². The summed E-state index contributed by atoms with van der Waals surface area (Å²) >= 11 is 0. The van der Waals surface area contributed by atoms with E-state index in [4.69, 9.17) is 10.2 Å². The van der Waals surface area contributed by atoms with Gasteiger partial charge in [-0.1, -0.05) is 37.3 Å². The summed E-state index contributed by atoms with van der Waals surface area (Å²) < 4.78 is 5.66.